The highest BCUT2D eigenvalue weighted by Crippen LogP contribution is 2.41. The van der Waals surface area contributed by atoms with Gasteiger partial charge in [0.15, 0.2) is 5.11 Å². The monoisotopic (exact) mass is 552 g/mol. The van der Waals surface area contributed by atoms with E-state index in [1.165, 1.54) is 28.3 Å². The van der Waals surface area contributed by atoms with E-state index in [1.807, 2.05) is 18.3 Å². The van der Waals surface area contributed by atoms with Gasteiger partial charge in [0.05, 0.1) is 17.8 Å². The van der Waals surface area contributed by atoms with E-state index in [-0.39, 0.29) is 12.1 Å². The van der Waals surface area contributed by atoms with Crippen molar-refractivity contribution in [2.24, 2.45) is 0 Å². The molecule has 1 aliphatic rings. The molecular formula is C33H40N6S. The van der Waals surface area contributed by atoms with Crippen molar-refractivity contribution in [3.63, 3.8) is 0 Å². The highest BCUT2D eigenvalue weighted by atomic mass is 32.1. The zero-order valence-corrected chi connectivity index (χ0v) is 24.8. The summed E-state index contributed by atoms with van der Waals surface area (Å²) in [5.74, 6) is 0. The predicted octanol–water partition coefficient (Wildman–Crippen LogP) is 6.81. The van der Waals surface area contributed by atoms with Gasteiger partial charge in [0.25, 0.3) is 0 Å². The van der Waals surface area contributed by atoms with Gasteiger partial charge in [-0.25, -0.2) is 0 Å². The summed E-state index contributed by atoms with van der Waals surface area (Å²) >= 11 is 5.93. The number of anilines is 2. The van der Waals surface area contributed by atoms with Crippen molar-refractivity contribution >= 4 is 28.7 Å². The fourth-order valence-corrected chi connectivity index (χ4v) is 6.24. The summed E-state index contributed by atoms with van der Waals surface area (Å²) in [6.45, 7) is 12.6. The molecule has 1 saturated heterocycles. The third-order valence-corrected chi connectivity index (χ3v) is 8.25. The Kier molecular flexibility index (Phi) is 8.70. The summed E-state index contributed by atoms with van der Waals surface area (Å²) in [6, 6.07) is 27.8. The molecule has 3 heterocycles. The van der Waals surface area contributed by atoms with Crippen molar-refractivity contribution in [3.8, 4) is 5.69 Å². The maximum absolute atomic E-state index is 5.93. The first-order chi connectivity index (χ1) is 19.5. The third kappa shape index (κ3) is 5.70. The Balaban J connectivity index is 1.44. The lowest BCUT2D eigenvalue weighted by Gasteiger charge is -2.28. The standard InChI is InChI=1S/C33H40N6S/c1-5-37(6-2)27-16-18-28(19-17-27)39-24(3)23-29(25(39)4)32-31(30-15-10-11-20-35-30)36-33(40)38(32)22-12-21-34-26-13-8-7-9-14-26/h7-11,13-20,23,31-32,34H,5-6,12,21-22H2,1-4H3,(H,36,40)/t31-,32-/m0/s1. The van der Waals surface area contributed by atoms with Gasteiger partial charge in [0.2, 0.25) is 0 Å². The van der Waals surface area contributed by atoms with Gasteiger partial charge in [-0.3, -0.25) is 4.98 Å². The first kappa shape index (κ1) is 27.7. The number of benzene rings is 2. The van der Waals surface area contributed by atoms with Crippen molar-refractivity contribution in [1.29, 1.82) is 0 Å². The fraction of sp³-hybridized carbons (Fsp3) is 0.333. The number of hydrogen-bond donors (Lipinski definition) is 2. The molecule has 6 nitrogen and oxygen atoms in total. The van der Waals surface area contributed by atoms with Crippen LogP contribution < -0.4 is 15.5 Å². The van der Waals surface area contributed by atoms with E-state index in [0.29, 0.717) is 0 Å². The van der Waals surface area contributed by atoms with Crippen LogP contribution in [0.4, 0.5) is 11.4 Å². The average molecular weight is 553 g/mol. The molecule has 1 fully saturated rings. The number of thiocarbonyl (C=S) groups is 1. The smallest absolute Gasteiger partial charge is 0.170 e. The zero-order chi connectivity index (χ0) is 28.1. The molecule has 5 rings (SSSR count). The molecule has 2 N–H and O–H groups in total. The minimum Gasteiger partial charge on any atom is -0.385 e. The Hall–Kier alpha value is -3.84. The van der Waals surface area contributed by atoms with Crippen LogP contribution in [0.3, 0.4) is 0 Å². The molecule has 0 radical (unpaired) electrons. The maximum atomic E-state index is 5.93. The average Bonchev–Trinajstić information content (AvgIpc) is 3.47. The van der Waals surface area contributed by atoms with E-state index < -0.39 is 0 Å². The normalized spacial score (nSPS) is 16.7. The SMILES string of the molecule is CCN(CC)c1ccc(-n2c(C)cc([C@H]3[C@H](c4ccccn4)NC(=S)N3CCCNc3ccccc3)c2C)cc1. The van der Waals surface area contributed by atoms with Crippen LogP contribution in [-0.4, -0.2) is 45.7 Å². The predicted molar refractivity (Wildman–Crippen MR) is 171 cm³/mol. The summed E-state index contributed by atoms with van der Waals surface area (Å²) in [4.78, 5) is 9.46. The van der Waals surface area contributed by atoms with Crippen LogP contribution in [0, 0.1) is 13.8 Å². The molecule has 2 aromatic carbocycles. The Morgan fingerprint density at radius 2 is 1.68 bits per heavy atom. The zero-order valence-electron chi connectivity index (χ0n) is 24.0. The van der Waals surface area contributed by atoms with Gasteiger partial charge in [-0.1, -0.05) is 24.3 Å². The van der Waals surface area contributed by atoms with Crippen LogP contribution in [0.1, 0.15) is 55.0 Å². The molecule has 0 unspecified atom stereocenters. The van der Waals surface area contributed by atoms with E-state index in [4.69, 9.17) is 17.2 Å². The number of aryl methyl sites for hydroxylation is 1. The van der Waals surface area contributed by atoms with E-state index in [2.05, 4.69) is 119 Å². The number of rotatable bonds is 11. The second-order valence-corrected chi connectivity index (χ2v) is 10.7. The second-order valence-electron chi connectivity index (χ2n) is 10.3. The minimum absolute atomic E-state index is 0.0187. The topological polar surface area (TPSA) is 48.4 Å². The van der Waals surface area contributed by atoms with Crippen molar-refractivity contribution in [1.82, 2.24) is 19.8 Å². The van der Waals surface area contributed by atoms with Crippen molar-refractivity contribution < 1.29 is 0 Å². The molecule has 208 valence electrons. The number of aromatic nitrogens is 2. The van der Waals surface area contributed by atoms with Crippen molar-refractivity contribution in [2.75, 3.05) is 36.4 Å². The molecule has 1 aliphatic heterocycles. The van der Waals surface area contributed by atoms with Gasteiger partial charge >= 0.3 is 0 Å². The molecule has 4 aromatic rings. The number of nitrogens with one attached hydrogen (secondary N) is 2. The lowest BCUT2D eigenvalue weighted by molar-refractivity contribution is 0.315. The van der Waals surface area contributed by atoms with Crippen LogP contribution in [0.2, 0.25) is 0 Å². The molecule has 7 heteroatoms. The van der Waals surface area contributed by atoms with Crippen LogP contribution in [0.5, 0.6) is 0 Å². The number of hydrogen-bond acceptors (Lipinski definition) is 4. The first-order valence-electron chi connectivity index (χ1n) is 14.3. The lowest BCUT2D eigenvalue weighted by atomic mass is 9.96. The van der Waals surface area contributed by atoms with Crippen LogP contribution >= 0.6 is 12.2 Å². The molecule has 0 spiro atoms. The summed E-state index contributed by atoms with van der Waals surface area (Å²) in [5, 5.41) is 7.94. The van der Waals surface area contributed by atoms with Gasteiger partial charge in [-0.15, -0.1) is 0 Å². The minimum atomic E-state index is -0.0187. The molecule has 2 atom stereocenters. The van der Waals surface area contributed by atoms with E-state index in [9.17, 15) is 0 Å². The Morgan fingerprint density at radius 1 is 0.950 bits per heavy atom. The Labute approximate surface area is 244 Å². The van der Waals surface area contributed by atoms with E-state index >= 15 is 0 Å². The van der Waals surface area contributed by atoms with Crippen LogP contribution in [-0.2, 0) is 0 Å². The highest BCUT2D eigenvalue weighted by Gasteiger charge is 2.41. The third-order valence-electron chi connectivity index (χ3n) is 7.90. The number of nitrogens with zero attached hydrogens (tertiary/aromatic N) is 4. The van der Waals surface area contributed by atoms with Gasteiger partial charge < -0.3 is 25.0 Å². The molecule has 2 aromatic heterocycles. The molecule has 0 saturated carbocycles. The van der Waals surface area contributed by atoms with E-state index in [0.717, 1.165) is 49.1 Å². The van der Waals surface area contributed by atoms with Gasteiger partial charge in [-0.2, -0.15) is 0 Å². The molecule has 0 bridgehead atoms. The van der Waals surface area contributed by atoms with Crippen LogP contribution in [0.25, 0.3) is 5.69 Å². The Bertz CT molecular complexity index is 1400. The molecule has 0 amide bonds. The summed E-state index contributed by atoms with van der Waals surface area (Å²) in [5.41, 5.74) is 8.32. The maximum Gasteiger partial charge on any atom is 0.170 e. The summed E-state index contributed by atoms with van der Waals surface area (Å²) in [7, 11) is 0. The van der Waals surface area contributed by atoms with Crippen molar-refractivity contribution in [3.05, 3.63) is 108 Å². The van der Waals surface area contributed by atoms with E-state index in [1.54, 1.807) is 0 Å². The lowest BCUT2D eigenvalue weighted by Crippen LogP contribution is -2.31. The Morgan fingerprint density at radius 3 is 2.35 bits per heavy atom. The quantitative estimate of drug-likeness (QED) is 0.157. The van der Waals surface area contributed by atoms with Crippen LogP contribution in [0.15, 0.2) is 85.1 Å². The molecular weight excluding hydrogens is 512 g/mol. The van der Waals surface area contributed by atoms with Gasteiger partial charge in [-0.05, 0) is 106 Å². The first-order valence-corrected chi connectivity index (χ1v) is 14.7. The number of para-hydroxylation sites is 1. The highest BCUT2D eigenvalue weighted by molar-refractivity contribution is 7.80. The van der Waals surface area contributed by atoms with Gasteiger partial charge in [0, 0.05) is 60.8 Å². The van der Waals surface area contributed by atoms with Gasteiger partial charge in [0.1, 0.15) is 0 Å². The molecule has 40 heavy (non-hydrogen) atoms. The fourth-order valence-electron chi connectivity index (χ4n) is 5.91. The number of pyridine rings is 1. The summed E-state index contributed by atoms with van der Waals surface area (Å²) in [6.07, 6.45) is 2.83. The largest absolute Gasteiger partial charge is 0.385 e. The summed E-state index contributed by atoms with van der Waals surface area (Å²) < 4.78 is 2.37. The second kappa shape index (κ2) is 12.6. The van der Waals surface area contributed by atoms with Crippen molar-refractivity contribution in [2.45, 2.75) is 46.2 Å². The molecule has 0 aliphatic carbocycles.